The van der Waals surface area contributed by atoms with Crippen LogP contribution in [0.15, 0.2) is 48.5 Å². The second-order valence-electron chi connectivity index (χ2n) is 6.89. The first-order chi connectivity index (χ1) is 13.6. The third-order valence-corrected chi connectivity index (χ3v) is 5.27. The molecule has 0 unspecified atom stereocenters. The second-order valence-corrected chi connectivity index (χ2v) is 6.89. The van der Waals surface area contributed by atoms with Gasteiger partial charge in [0.05, 0.1) is 12.2 Å². The number of carbonyl (C=O) groups is 1. The van der Waals surface area contributed by atoms with Gasteiger partial charge in [0, 0.05) is 50.6 Å². The van der Waals surface area contributed by atoms with E-state index in [0.717, 1.165) is 18.8 Å². The van der Waals surface area contributed by atoms with Gasteiger partial charge < -0.3 is 20.0 Å². The smallest absolute Gasteiger partial charge is 0.241 e. The number of rotatable bonds is 7. The summed E-state index contributed by atoms with van der Waals surface area (Å²) in [6, 6.07) is 15.0. The Labute approximate surface area is 166 Å². The Balaban J connectivity index is 1.48. The van der Waals surface area contributed by atoms with Crippen molar-refractivity contribution in [3.8, 4) is 0 Å². The lowest BCUT2D eigenvalue weighted by Gasteiger charge is -2.36. The molecule has 0 aliphatic carbocycles. The van der Waals surface area contributed by atoms with Crippen molar-refractivity contribution >= 4 is 23.0 Å². The van der Waals surface area contributed by atoms with Crippen molar-refractivity contribution in [2.24, 2.45) is 0 Å². The zero-order valence-electron chi connectivity index (χ0n) is 16.7. The van der Waals surface area contributed by atoms with Gasteiger partial charge in [0.15, 0.2) is 0 Å². The Morgan fingerprint density at radius 3 is 2.25 bits per heavy atom. The number of nitrogens with one attached hydrogen (secondary N) is 1. The SMILES string of the molecule is CCN(CC)c1ccc(NCC(=O)N2CCN(c3ccccc3F)CC2)cc1. The average molecular weight is 384 g/mol. The molecular weight excluding hydrogens is 355 g/mol. The molecule has 1 aliphatic heterocycles. The van der Waals surface area contributed by atoms with Gasteiger partial charge in [-0.15, -0.1) is 0 Å². The zero-order chi connectivity index (χ0) is 19.9. The van der Waals surface area contributed by atoms with Gasteiger partial charge in [-0.05, 0) is 50.2 Å². The van der Waals surface area contributed by atoms with Crippen molar-refractivity contribution in [3.05, 3.63) is 54.3 Å². The van der Waals surface area contributed by atoms with Crippen molar-refractivity contribution in [1.29, 1.82) is 0 Å². The largest absolute Gasteiger partial charge is 0.376 e. The summed E-state index contributed by atoms with van der Waals surface area (Å²) >= 11 is 0. The van der Waals surface area contributed by atoms with Crippen LogP contribution in [0, 0.1) is 5.82 Å². The van der Waals surface area contributed by atoms with Gasteiger partial charge in [0.1, 0.15) is 5.82 Å². The third kappa shape index (κ3) is 4.74. The molecule has 150 valence electrons. The minimum atomic E-state index is -0.211. The van der Waals surface area contributed by atoms with E-state index in [1.807, 2.05) is 28.0 Å². The van der Waals surface area contributed by atoms with Crippen LogP contribution in [0.25, 0.3) is 0 Å². The van der Waals surface area contributed by atoms with E-state index >= 15 is 0 Å². The van der Waals surface area contributed by atoms with Crippen molar-refractivity contribution in [2.45, 2.75) is 13.8 Å². The number of amides is 1. The number of anilines is 3. The molecule has 2 aromatic rings. The van der Waals surface area contributed by atoms with Crippen LogP contribution in [0.5, 0.6) is 0 Å². The molecule has 1 aliphatic rings. The summed E-state index contributed by atoms with van der Waals surface area (Å²) in [4.78, 5) is 18.6. The minimum Gasteiger partial charge on any atom is -0.376 e. The summed E-state index contributed by atoms with van der Waals surface area (Å²) in [7, 11) is 0. The van der Waals surface area contributed by atoms with E-state index in [2.05, 4.69) is 36.2 Å². The van der Waals surface area contributed by atoms with Crippen LogP contribution in [0.4, 0.5) is 21.5 Å². The molecule has 0 bridgehead atoms. The van der Waals surface area contributed by atoms with E-state index in [1.165, 1.54) is 11.8 Å². The van der Waals surface area contributed by atoms with E-state index < -0.39 is 0 Å². The number of benzene rings is 2. The fourth-order valence-corrected chi connectivity index (χ4v) is 3.57. The fraction of sp³-hybridized carbons (Fsp3) is 0.409. The molecule has 1 fully saturated rings. The summed E-state index contributed by atoms with van der Waals surface area (Å²) in [5.41, 5.74) is 2.74. The Morgan fingerprint density at radius 2 is 1.64 bits per heavy atom. The van der Waals surface area contributed by atoms with Gasteiger partial charge in [0.25, 0.3) is 0 Å². The van der Waals surface area contributed by atoms with Crippen LogP contribution < -0.4 is 15.1 Å². The molecule has 0 saturated carbocycles. The molecule has 0 radical (unpaired) electrons. The average Bonchev–Trinajstić information content (AvgIpc) is 2.74. The van der Waals surface area contributed by atoms with Gasteiger partial charge >= 0.3 is 0 Å². The van der Waals surface area contributed by atoms with Crippen LogP contribution in [0.3, 0.4) is 0 Å². The normalized spacial score (nSPS) is 14.1. The highest BCUT2D eigenvalue weighted by atomic mass is 19.1. The maximum Gasteiger partial charge on any atom is 0.241 e. The molecule has 0 atom stereocenters. The lowest BCUT2D eigenvalue weighted by atomic mass is 10.2. The topological polar surface area (TPSA) is 38.8 Å². The van der Waals surface area contributed by atoms with Crippen molar-refractivity contribution in [2.75, 3.05) is 60.9 Å². The molecule has 2 aromatic carbocycles. The standard InChI is InChI=1S/C22H29FN4O/c1-3-25(4-2)19-11-9-18(10-12-19)24-17-22(28)27-15-13-26(14-16-27)21-8-6-5-7-20(21)23/h5-12,24H,3-4,13-17H2,1-2H3. The van der Waals surface area contributed by atoms with E-state index in [1.54, 1.807) is 12.1 Å². The Morgan fingerprint density at radius 1 is 1.00 bits per heavy atom. The number of halogens is 1. The lowest BCUT2D eigenvalue weighted by Crippen LogP contribution is -2.50. The van der Waals surface area contributed by atoms with Crippen LogP contribution in [-0.4, -0.2) is 56.6 Å². The van der Waals surface area contributed by atoms with E-state index in [4.69, 9.17) is 0 Å². The third-order valence-electron chi connectivity index (χ3n) is 5.27. The number of para-hydroxylation sites is 1. The zero-order valence-corrected chi connectivity index (χ0v) is 16.7. The fourth-order valence-electron chi connectivity index (χ4n) is 3.57. The minimum absolute atomic E-state index is 0.0704. The molecule has 0 spiro atoms. The van der Waals surface area contributed by atoms with Gasteiger partial charge in [-0.3, -0.25) is 4.79 Å². The van der Waals surface area contributed by atoms with Crippen molar-refractivity contribution in [3.63, 3.8) is 0 Å². The molecule has 1 heterocycles. The Bertz CT molecular complexity index is 768. The number of carbonyl (C=O) groups excluding carboxylic acids is 1. The van der Waals surface area contributed by atoms with Crippen molar-refractivity contribution in [1.82, 2.24) is 4.90 Å². The van der Waals surface area contributed by atoms with Crippen LogP contribution in [0.2, 0.25) is 0 Å². The maximum atomic E-state index is 13.9. The lowest BCUT2D eigenvalue weighted by molar-refractivity contribution is -0.129. The predicted molar refractivity (Wildman–Crippen MR) is 114 cm³/mol. The van der Waals surface area contributed by atoms with Crippen LogP contribution >= 0.6 is 0 Å². The van der Waals surface area contributed by atoms with E-state index in [9.17, 15) is 9.18 Å². The first-order valence-corrected chi connectivity index (χ1v) is 9.98. The number of hydrogen-bond acceptors (Lipinski definition) is 4. The molecule has 28 heavy (non-hydrogen) atoms. The van der Waals surface area contributed by atoms with E-state index in [-0.39, 0.29) is 18.3 Å². The predicted octanol–water partition coefficient (Wildman–Crippen LogP) is 3.43. The molecule has 6 heteroatoms. The highest BCUT2D eigenvalue weighted by molar-refractivity contribution is 5.81. The van der Waals surface area contributed by atoms with E-state index in [0.29, 0.717) is 31.9 Å². The maximum absolute atomic E-state index is 13.9. The molecule has 1 N–H and O–H groups in total. The van der Waals surface area contributed by atoms with Gasteiger partial charge in [0.2, 0.25) is 5.91 Å². The van der Waals surface area contributed by atoms with Crippen molar-refractivity contribution < 1.29 is 9.18 Å². The molecule has 1 saturated heterocycles. The van der Waals surface area contributed by atoms with Gasteiger partial charge in [-0.2, -0.15) is 0 Å². The van der Waals surface area contributed by atoms with Crippen LogP contribution in [-0.2, 0) is 4.79 Å². The summed E-state index contributed by atoms with van der Waals surface area (Å²) in [5, 5.41) is 3.21. The monoisotopic (exact) mass is 384 g/mol. The van der Waals surface area contributed by atoms with Crippen LogP contribution in [0.1, 0.15) is 13.8 Å². The summed E-state index contributed by atoms with van der Waals surface area (Å²) in [6.07, 6.45) is 0. The Hall–Kier alpha value is -2.76. The summed E-state index contributed by atoms with van der Waals surface area (Å²) < 4.78 is 13.9. The summed E-state index contributed by atoms with van der Waals surface area (Å²) in [6.45, 7) is 8.99. The molecule has 0 aromatic heterocycles. The number of piperazine rings is 1. The second kappa shape index (κ2) is 9.44. The van der Waals surface area contributed by atoms with Gasteiger partial charge in [-0.1, -0.05) is 12.1 Å². The Kier molecular flexibility index (Phi) is 6.74. The molecule has 3 rings (SSSR count). The first-order valence-electron chi connectivity index (χ1n) is 9.98. The number of nitrogens with zero attached hydrogens (tertiary/aromatic N) is 3. The highest BCUT2D eigenvalue weighted by Gasteiger charge is 2.22. The molecule has 1 amide bonds. The van der Waals surface area contributed by atoms with Gasteiger partial charge in [-0.25, -0.2) is 4.39 Å². The molecular formula is C22H29FN4O. The highest BCUT2D eigenvalue weighted by Crippen LogP contribution is 2.20. The molecule has 5 nitrogen and oxygen atoms in total. The first kappa shape index (κ1) is 20.0. The quantitative estimate of drug-likeness (QED) is 0.794. The summed E-state index contributed by atoms with van der Waals surface area (Å²) in [5.74, 6) is -0.141. The number of hydrogen-bond donors (Lipinski definition) is 1.